The third kappa shape index (κ3) is 4.00. The molecule has 112 valence electrons. The van der Waals surface area contributed by atoms with E-state index in [2.05, 4.69) is 4.98 Å². The summed E-state index contributed by atoms with van der Waals surface area (Å²) in [5, 5.41) is 1.91. The van der Waals surface area contributed by atoms with Crippen LogP contribution < -0.4 is 16.0 Å². The third-order valence-corrected chi connectivity index (χ3v) is 4.50. The fraction of sp³-hybridized carbons (Fsp3) is 0.167. The number of ether oxygens (including phenoxy) is 1. The second kappa shape index (κ2) is 6.20. The molecule has 9 heteroatoms. The van der Waals surface area contributed by atoms with Crippen LogP contribution in [0.4, 0.5) is 0 Å². The normalized spacial score (nSPS) is 11.1. The first kappa shape index (κ1) is 15.4. The fourth-order valence-electron chi connectivity index (χ4n) is 1.49. The van der Waals surface area contributed by atoms with Gasteiger partial charge in [0.25, 0.3) is 5.91 Å². The zero-order valence-corrected chi connectivity index (χ0v) is 12.7. The molecule has 0 radical (unpaired) electrons. The number of rotatable bonds is 5. The molecule has 0 aliphatic carbocycles. The molecule has 0 spiro atoms. The second-order valence-corrected chi connectivity index (χ2v) is 7.03. The smallest absolute Gasteiger partial charge is 0.294 e. The maximum Gasteiger partial charge on any atom is 0.294 e. The molecule has 0 atom stereocenters. The summed E-state index contributed by atoms with van der Waals surface area (Å²) in [6, 6.07) is 6.18. The summed E-state index contributed by atoms with van der Waals surface area (Å²) >= 11 is 1.15. The number of thiazole rings is 1. The third-order valence-electron chi connectivity index (χ3n) is 2.50. The van der Waals surface area contributed by atoms with Crippen molar-refractivity contribution in [1.82, 2.24) is 10.4 Å². The van der Waals surface area contributed by atoms with Crippen LogP contribution >= 0.6 is 11.3 Å². The van der Waals surface area contributed by atoms with Crippen molar-refractivity contribution in [2.24, 2.45) is 5.84 Å². The molecule has 0 saturated carbocycles. The summed E-state index contributed by atoms with van der Waals surface area (Å²) in [5.41, 5.74) is 2.55. The highest BCUT2D eigenvalue weighted by molar-refractivity contribution is 7.90. The van der Waals surface area contributed by atoms with E-state index >= 15 is 0 Å². The maximum absolute atomic E-state index is 11.4. The molecule has 2 rings (SSSR count). The summed E-state index contributed by atoms with van der Waals surface area (Å²) in [5.74, 6) is 4.96. The Kier molecular flexibility index (Phi) is 4.56. The molecule has 1 aromatic carbocycles. The number of hydrazine groups is 1. The molecular weight excluding hydrogens is 314 g/mol. The Morgan fingerprint density at radius 1 is 1.48 bits per heavy atom. The number of nitrogens with two attached hydrogens (primary N) is 1. The Balaban J connectivity index is 2.07. The highest BCUT2D eigenvalue weighted by Gasteiger charge is 2.11. The lowest BCUT2D eigenvalue weighted by molar-refractivity contribution is 0.0953. The second-order valence-electron chi connectivity index (χ2n) is 4.15. The number of carbonyl (C=O) groups excluding carboxylic acids is 1. The minimum Gasteiger partial charge on any atom is -0.487 e. The number of hydrogen-bond acceptors (Lipinski definition) is 7. The molecule has 1 amide bonds. The summed E-state index contributed by atoms with van der Waals surface area (Å²) in [6.45, 7) is 0.127. The van der Waals surface area contributed by atoms with E-state index in [4.69, 9.17) is 10.6 Å². The average Bonchev–Trinajstić information content (AvgIpc) is 2.92. The number of sulfone groups is 1. The molecule has 0 bridgehead atoms. The number of hydrogen-bond donors (Lipinski definition) is 2. The standard InChI is InChI=1S/C12H13N3O4S2/c1-21(17,18)10-4-2-3-9(5-10)19-6-8-7-20-12(14-8)11(16)15-13/h2-5,7H,6,13H2,1H3,(H,15,16). The molecule has 3 N–H and O–H groups in total. The predicted molar refractivity (Wildman–Crippen MR) is 77.7 cm³/mol. The van der Waals surface area contributed by atoms with Crippen LogP contribution in [0, 0.1) is 0 Å². The lowest BCUT2D eigenvalue weighted by atomic mass is 10.3. The minimum absolute atomic E-state index is 0.127. The Morgan fingerprint density at radius 3 is 2.90 bits per heavy atom. The van der Waals surface area contributed by atoms with Crippen molar-refractivity contribution in [2.45, 2.75) is 11.5 Å². The summed E-state index contributed by atoms with van der Waals surface area (Å²) in [6.07, 6.45) is 1.13. The van der Waals surface area contributed by atoms with E-state index in [1.165, 1.54) is 12.1 Å². The van der Waals surface area contributed by atoms with Gasteiger partial charge in [-0.05, 0) is 18.2 Å². The largest absolute Gasteiger partial charge is 0.487 e. The number of nitrogen functional groups attached to an aromatic ring is 1. The van der Waals surface area contributed by atoms with E-state index in [1.807, 2.05) is 5.43 Å². The maximum atomic E-state index is 11.4. The van der Waals surface area contributed by atoms with Crippen molar-refractivity contribution in [3.05, 3.63) is 40.3 Å². The van der Waals surface area contributed by atoms with Gasteiger partial charge in [0.2, 0.25) is 0 Å². The Morgan fingerprint density at radius 2 is 2.24 bits per heavy atom. The van der Waals surface area contributed by atoms with Gasteiger partial charge in [0, 0.05) is 11.6 Å². The van der Waals surface area contributed by atoms with Crippen LogP contribution in [0.2, 0.25) is 0 Å². The van der Waals surface area contributed by atoms with Crippen molar-refractivity contribution in [1.29, 1.82) is 0 Å². The van der Waals surface area contributed by atoms with Crippen LogP contribution in [-0.2, 0) is 16.4 Å². The molecule has 7 nitrogen and oxygen atoms in total. The van der Waals surface area contributed by atoms with Gasteiger partial charge in [0.15, 0.2) is 14.8 Å². The van der Waals surface area contributed by atoms with Crippen LogP contribution in [-0.4, -0.2) is 25.6 Å². The molecule has 0 saturated heterocycles. The van der Waals surface area contributed by atoms with E-state index < -0.39 is 15.7 Å². The average molecular weight is 327 g/mol. The van der Waals surface area contributed by atoms with Crippen LogP contribution in [0.3, 0.4) is 0 Å². The number of benzene rings is 1. The van der Waals surface area contributed by atoms with E-state index in [-0.39, 0.29) is 16.5 Å². The molecule has 0 fully saturated rings. The van der Waals surface area contributed by atoms with Gasteiger partial charge in [0.1, 0.15) is 12.4 Å². The molecular formula is C12H13N3O4S2. The minimum atomic E-state index is -3.28. The van der Waals surface area contributed by atoms with Crippen LogP contribution in [0.5, 0.6) is 5.75 Å². The van der Waals surface area contributed by atoms with Crippen molar-refractivity contribution in [3.63, 3.8) is 0 Å². The van der Waals surface area contributed by atoms with Crippen molar-refractivity contribution in [3.8, 4) is 5.75 Å². The molecule has 1 aromatic heterocycles. The molecule has 21 heavy (non-hydrogen) atoms. The zero-order chi connectivity index (χ0) is 15.5. The van der Waals surface area contributed by atoms with E-state index in [1.54, 1.807) is 17.5 Å². The molecule has 0 aliphatic rings. The van der Waals surface area contributed by atoms with Crippen LogP contribution in [0.15, 0.2) is 34.5 Å². The van der Waals surface area contributed by atoms with Crippen molar-refractivity contribution < 1.29 is 17.9 Å². The Hall–Kier alpha value is -1.97. The van der Waals surface area contributed by atoms with Gasteiger partial charge in [-0.25, -0.2) is 19.2 Å². The summed E-state index contributed by atoms with van der Waals surface area (Å²) < 4.78 is 28.4. The summed E-state index contributed by atoms with van der Waals surface area (Å²) in [4.78, 5) is 15.5. The van der Waals surface area contributed by atoms with Gasteiger partial charge in [-0.1, -0.05) is 6.07 Å². The van der Waals surface area contributed by atoms with Gasteiger partial charge in [-0.3, -0.25) is 10.2 Å². The SMILES string of the molecule is CS(=O)(=O)c1cccc(OCc2csc(C(=O)NN)n2)c1. The number of nitrogens with zero attached hydrogens (tertiary/aromatic N) is 1. The first-order valence-electron chi connectivity index (χ1n) is 5.78. The lowest BCUT2D eigenvalue weighted by Crippen LogP contribution is -2.29. The first-order chi connectivity index (χ1) is 9.90. The number of carbonyl (C=O) groups is 1. The van der Waals surface area contributed by atoms with Crippen LogP contribution in [0.25, 0.3) is 0 Å². The number of aromatic nitrogens is 1. The van der Waals surface area contributed by atoms with Gasteiger partial charge >= 0.3 is 0 Å². The van der Waals surface area contributed by atoms with Gasteiger partial charge in [0.05, 0.1) is 10.6 Å². The molecule has 0 unspecified atom stereocenters. The van der Waals surface area contributed by atoms with Crippen LogP contribution in [0.1, 0.15) is 15.5 Å². The highest BCUT2D eigenvalue weighted by Crippen LogP contribution is 2.19. The lowest BCUT2D eigenvalue weighted by Gasteiger charge is -2.05. The summed E-state index contributed by atoms with van der Waals surface area (Å²) in [7, 11) is -3.28. The fourth-order valence-corrected chi connectivity index (χ4v) is 2.85. The van der Waals surface area contributed by atoms with E-state index in [0.717, 1.165) is 17.6 Å². The van der Waals surface area contributed by atoms with Gasteiger partial charge in [-0.2, -0.15) is 0 Å². The van der Waals surface area contributed by atoms with Gasteiger partial charge in [-0.15, -0.1) is 11.3 Å². The Bertz CT molecular complexity index is 755. The first-order valence-corrected chi connectivity index (χ1v) is 8.55. The predicted octanol–water partition coefficient (Wildman–Crippen LogP) is 0.729. The van der Waals surface area contributed by atoms with Gasteiger partial charge < -0.3 is 4.74 Å². The molecule has 2 aromatic rings. The number of amides is 1. The van der Waals surface area contributed by atoms with E-state index in [0.29, 0.717) is 11.4 Å². The molecule has 0 aliphatic heterocycles. The monoisotopic (exact) mass is 327 g/mol. The Labute approximate surface area is 125 Å². The van der Waals surface area contributed by atoms with Crippen molar-refractivity contribution in [2.75, 3.05) is 6.26 Å². The highest BCUT2D eigenvalue weighted by atomic mass is 32.2. The molecule has 1 heterocycles. The quantitative estimate of drug-likeness (QED) is 0.476. The zero-order valence-electron chi connectivity index (χ0n) is 11.1. The topological polar surface area (TPSA) is 111 Å². The number of nitrogens with one attached hydrogen (secondary N) is 1. The van der Waals surface area contributed by atoms with Crippen molar-refractivity contribution >= 4 is 27.1 Å². The van der Waals surface area contributed by atoms with E-state index in [9.17, 15) is 13.2 Å².